The molecule has 7 N–H and O–H groups in total. The molecule has 138 valence electrons. The summed E-state index contributed by atoms with van der Waals surface area (Å²) in [5, 5.41) is 49.0. The summed E-state index contributed by atoms with van der Waals surface area (Å²) in [6.45, 7) is -0.598. The molecular weight excluding hydrogens is 340 g/mol. The lowest BCUT2D eigenvalue weighted by Gasteiger charge is -2.39. The van der Waals surface area contributed by atoms with Gasteiger partial charge < -0.3 is 44.9 Å². The Labute approximate surface area is 140 Å². The summed E-state index contributed by atoms with van der Waals surface area (Å²) in [5.41, 5.74) is -0.439. The first-order chi connectivity index (χ1) is 11.4. The molecule has 0 bridgehead atoms. The molecule has 2 unspecified atom stereocenters. The number of fused-ring (bicyclic) bond motifs is 1. The van der Waals surface area contributed by atoms with Crippen LogP contribution in [0.3, 0.4) is 0 Å². The molecule has 0 spiro atoms. The molecule has 0 saturated carbocycles. The first kappa shape index (κ1) is 19.1. The number of phenolic OH excluding ortho intramolecular Hbond substituents is 1. The lowest BCUT2D eigenvalue weighted by Crippen LogP contribution is -2.60. The summed E-state index contributed by atoms with van der Waals surface area (Å²) in [7, 11) is 0. The third-order valence-electron chi connectivity index (χ3n) is 3.79. The Morgan fingerprint density at radius 2 is 1.80 bits per heavy atom. The maximum absolute atomic E-state index is 11.2. The Morgan fingerprint density at radius 3 is 2.48 bits per heavy atom. The Morgan fingerprint density at radius 1 is 1.08 bits per heavy atom. The molecule has 1 fully saturated rings. The predicted molar refractivity (Wildman–Crippen MR) is 82.2 cm³/mol. The van der Waals surface area contributed by atoms with E-state index in [1.165, 1.54) is 18.2 Å². The Balaban J connectivity index is 0.00000225. The van der Waals surface area contributed by atoms with E-state index < -0.39 is 42.9 Å². The van der Waals surface area contributed by atoms with Crippen LogP contribution in [0.4, 0.5) is 0 Å². The smallest absolute Gasteiger partial charge is 0.336 e. The fourth-order valence-corrected chi connectivity index (χ4v) is 2.47. The van der Waals surface area contributed by atoms with Gasteiger partial charge in [0.2, 0.25) is 6.29 Å². The molecule has 0 amide bonds. The van der Waals surface area contributed by atoms with E-state index in [1.807, 2.05) is 0 Å². The number of rotatable bonds is 3. The van der Waals surface area contributed by atoms with E-state index in [0.29, 0.717) is 5.39 Å². The van der Waals surface area contributed by atoms with Gasteiger partial charge in [0.05, 0.1) is 6.61 Å². The van der Waals surface area contributed by atoms with Crippen molar-refractivity contribution in [2.45, 2.75) is 30.7 Å². The minimum absolute atomic E-state index is 0. The van der Waals surface area contributed by atoms with Crippen LogP contribution in [0.15, 0.2) is 33.5 Å². The van der Waals surface area contributed by atoms with Crippen molar-refractivity contribution in [1.82, 2.24) is 0 Å². The fraction of sp³-hybridized carbons (Fsp3) is 0.400. The van der Waals surface area contributed by atoms with Gasteiger partial charge in [0.15, 0.2) is 11.5 Å². The number of phenols is 1. The van der Waals surface area contributed by atoms with Crippen molar-refractivity contribution in [3.05, 3.63) is 34.7 Å². The molecule has 10 heteroatoms. The number of ether oxygens (including phenoxy) is 2. The molecular formula is C15H18O10. The van der Waals surface area contributed by atoms with Crippen LogP contribution in [0.2, 0.25) is 0 Å². The lowest BCUT2D eigenvalue weighted by molar-refractivity contribution is -0.277. The highest BCUT2D eigenvalue weighted by molar-refractivity contribution is 5.80. The normalized spacial score (nSPS) is 29.2. The second-order valence-corrected chi connectivity index (χ2v) is 5.43. The summed E-state index contributed by atoms with van der Waals surface area (Å²) < 4.78 is 15.5. The largest absolute Gasteiger partial charge is 0.504 e. The summed E-state index contributed by atoms with van der Waals surface area (Å²) in [4.78, 5) is 11.2. The zero-order valence-corrected chi connectivity index (χ0v) is 12.8. The zero-order valence-electron chi connectivity index (χ0n) is 12.8. The standard InChI is InChI=1S/C15H16O9.H2O/c16-5-10-12(19)13(20)14(21)15(24-10)23-9-3-6-1-2-11(18)22-8(6)4-7(9)17;/h1-4,10,12-17,19-21H,5H2;1H2/t10?,12-,13-,14?,15-;/m1./s1. The van der Waals surface area contributed by atoms with E-state index in [2.05, 4.69) is 0 Å². The number of aliphatic hydroxyl groups excluding tert-OH is 4. The van der Waals surface area contributed by atoms with Gasteiger partial charge in [0.25, 0.3) is 0 Å². The molecule has 1 aromatic carbocycles. The highest BCUT2D eigenvalue weighted by Crippen LogP contribution is 2.33. The summed E-state index contributed by atoms with van der Waals surface area (Å²) in [6, 6.07) is 5.17. The first-order valence-corrected chi connectivity index (χ1v) is 7.15. The van der Waals surface area contributed by atoms with Crippen molar-refractivity contribution in [2.75, 3.05) is 6.61 Å². The predicted octanol–water partition coefficient (Wildman–Crippen LogP) is -2.15. The maximum Gasteiger partial charge on any atom is 0.336 e. The second-order valence-electron chi connectivity index (χ2n) is 5.43. The lowest BCUT2D eigenvalue weighted by atomic mass is 9.99. The van der Waals surface area contributed by atoms with Gasteiger partial charge in [-0.05, 0) is 12.1 Å². The van der Waals surface area contributed by atoms with Crippen LogP contribution >= 0.6 is 0 Å². The van der Waals surface area contributed by atoms with Crippen molar-refractivity contribution in [3.63, 3.8) is 0 Å². The maximum atomic E-state index is 11.2. The summed E-state index contributed by atoms with van der Waals surface area (Å²) in [6.07, 6.45) is -7.27. The average molecular weight is 358 g/mol. The van der Waals surface area contributed by atoms with E-state index in [1.54, 1.807) is 0 Å². The van der Waals surface area contributed by atoms with Gasteiger partial charge in [-0.3, -0.25) is 0 Å². The van der Waals surface area contributed by atoms with Crippen LogP contribution in [0.1, 0.15) is 0 Å². The van der Waals surface area contributed by atoms with Crippen molar-refractivity contribution >= 4 is 11.0 Å². The number of hydrogen-bond acceptors (Lipinski definition) is 9. The van der Waals surface area contributed by atoms with Gasteiger partial charge in [-0.25, -0.2) is 4.79 Å². The van der Waals surface area contributed by atoms with Crippen LogP contribution in [-0.2, 0) is 4.74 Å². The van der Waals surface area contributed by atoms with E-state index in [4.69, 9.17) is 19.0 Å². The minimum Gasteiger partial charge on any atom is -0.504 e. The van der Waals surface area contributed by atoms with Crippen LogP contribution < -0.4 is 10.4 Å². The SMILES string of the molecule is O.O=c1ccc2cc(O[C@@H]3OC(CO)[C@@H](O)[C@@H](O)C3O)c(O)cc2o1. The van der Waals surface area contributed by atoms with Gasteiger partial charge in [-0.2, -0.15) is 0 Å². The molecule has 25 heavy (non-hydrogen) atoms. The molecule has 1 aromatic heterocycles. The molecule has 1 aliphatic heterocycles. The van der Waals surface area contributed by atoms with E-state index >= 15 is 0 Å². The highest BCUT2D eigenvalue weighted by atomic mass is 16.7. The van der Waals surface area contributed by atoms with Gasteiger partial charge in [-0.1, -0.05) is 0 Å². The molecule has 1 saturated heterocycles. The minimum atomic E-state index is -1.60. The summed E-state index contributed by atoms with van der Waals surface area (Å²) in [5.74, 6) is -0.477. The Hall–Kier alpha value is -2.21. The molecule has 1 aliphatic rings. The number of aliphatic hydroxyl groups is 4. The number of hydrogen-bond donors (Lipinski definition) is 5. The van der Waals surface area contributed by atoms with Crippen molar-refractivity contribution < 1.29 is 44.9 Å². The number of benzene rings is 1. The molecule has 2 heterocycles. The third-order valence-corrected chi connectivity index (χ3v) is 3.79. The van der Waals surface area contributed by atoms with Crippen LogP contribution in [0, 0.1) is 0 Å². The van der Waals surface area contributed by atoms with Crippen molar-refractivity contribution in [1.29, 1.82) is 0 Å². The number of aromatic hydroxyl groups is 1. The van der Waals surface area contributed by atoms with Crippen molar-refractivity contribution in [3.8, 4) is 11.5 Å². The van der Waals surface area contributed by atoms with E-state index in [0.717, 1.165) is 6.07 Å². The summed E-state index contributed by atoms with van der Waals surface area (Å²) >= 11 is 0. The molecule has 0 radical (unpaired) electrons. The average Bonchev–Trinajstić information content (AvgIpc) is 2.56. The van der Waals surface area contributed by atoms with E-state index in [-0.39, 0.29) is 22.6 Å². The zero-order chi connectivity index (χ0) is 17.4. The van der Waals surface area contributed by atoms with Gasteiger partial charge in [0, 0.05) is 17.5 Å². The molecule has 3 rings (SSSR count). The topological polar surface area (TPSA) is 181 Å². The van der Waals surface area contributed by atoms with Crippen LogP contribution in [-0.4, -0.2) is 68.3 Å². The van der Waals surface area contributed by atoms with Gasteiger partial charge >= 0.3 is 5.63 Å². The van der Waals surface area contributed by atoms with E-state index in [9.17, 15) is 25.2 Å². The van der Waals surface area contributed by atoms with Gasteiger partial charge in [0.1, 0.15) is 30.0 Å². The Bertz CT molecular complexity index is 785. The molecule has 5 atom stereocenters. The first-order valence-electron chi connectivity index (χ1n) is 7.15. The molecule has 0 aliphatic carbocycles. The van der Waals surface area contributed by atoms with Gasteiger partial charge in [-0.15, -0.1) is 0 Å². The van der Waals surface area contributed by atoms with Crippen LogP contribution in [0.5, 0.6) is 11.5 Å². The Kier molecular flexibility index (Phi) is 5.62. The molecule has 2 aromatic rings. The quantitative estimate of drug-likeness (QED) is 0.382. The van der Waals surface area contributed by atoms with Crippen LogP contribution in [0.25, 0.3) is 11.0 Å². The molecule has 10 nitrogen and oxygen atoms in total. The third kappa shape index (κ3) is 3.58. The highest BCUT2D eigenvalue weighted by Gasteiger charge is 2.44. The second kappa shape index (κ2) is 7.35. The monoisotopic (exact) mass is 358 g/mol. The fourth-order valence-electron chi connectivity index (χ4n) is 2.47. The van der Waals surface area contributed by atoms with Crippen molar-refractivity contribution in [2.24, 2.45) is 0 Å².